The molecule has 2 aromatic carbocycles. The smallest absolute Gasteiger partial charge is 0.254 e. The number of nitrogens with zero attached hydrogens (tertiary/aromatic N) is 4. The van der Waals surface area contributed by atoms with Gasteiger partial charge in [-0.25, -0.2) is 4.68 Å². The third kappa shape index (κ3) is 3.78. The van der Waals surface area contributed by atoms with Gasteiger partial charge in [-0.1, -0.05) is 18.2 Å². The summed E-state index contributed by atoms with van der Waals surface area (Å²) >= 11 is 0. The number of nitrogen functional groups attached to an aromatic ring is 1. The highest BCUT2D eigenvalue weighted by Crippen LogP contribution is 2.33. The SMILES string of the molecule is N#CN1CCC[C@@H](n2nc(-c3ccc(Oc4ccccc4)cc3)c(C(N)=O)c2N)C1. The minimum Gasteiger partial charge on any atom is -0.457 e. The van der Waals surface area contributed by atoms with Gasteiger partial charge in [-0.05, 0) is 49.2 Å². The van der Waals surface area contributed by atoms with Crippen LogP contribution in [0.2, 0.25) is 0 Å². The summed E-state index contributed by atoms with van der Waals surface area (Å²) in [7, 11) is 0. The van der Waals surface area contributed by atoms with E-state index in [4.69, 9.17) is 16.2 Å². The van der Waals surface area contributed by atoms with Crippen LogP contribution in [-0.2, 0) is 0 Å². The Bertz CT molecular complexity index is 1090. The lowest BCUT2D eigenvalue weighted by atomic mass is 10.1. The fourth-order valence-electron chi connectivity index (χ4n) is 3.72. The average molecular weight is 402 g/mol. The molecule has 1 amide bonds. The van der Waals surface area contributed by atoms with E-state index in [1.54, 1.807) is 21.7 Å². The Hall–Kier alpha value is -3.99. The van der Waals surface area contributed by atoms with E-state index in [1.165, 1.54) is 0 Å². The van der Waals surface area contributed by atoms with Crippen LogP contribution in [0.3, 0.4) is 0 Å². The monoisotopic (exact) mass is 402 g/mol. The highest BCUT2D eigenvalue weighted by atomic mass is 16.5. The van der Waals surface area contributed by atoms with Gasteiger partial charge in [-0.3, -0.25) is 4.79 Å². The molecule has 3 aromatic rings. The maximum absolute atomic E-state index is 12.1. The minimum absolute atomic E-state index is 0.0917. The first-order chi connectivity index (χ1) is 14.6. The van der Waals surface area contributed by atoms with E-state index in [1.807, 2.05) is 42.5 Å². The van der Waals surface area contributed by atoms with Crippen molar-refractivity contribution in [2.45, 2.75) is 18.9 Å². The lowest BCUT2D eigenvalue weighted by Gasteiger charge is -2.29. The molecule has 152 valence electrons. The first kappa shape index (κ1) is 19.3. The van der Waals surface area contributed by atoms with E-state index in [0.29, 0.717) is 30.1 Å². The summed E-state index contributed by atoms with van der Waals surface area (Å²) in [5.74, 6) is 0.990. The predicted molar refractivity (Wildman–Crippen MR) is 113 cm³/mol. The number of aromatic nitrogens is 2. The highest BCUT2D eigenvalue weighted by molar-refractivity contribution is 6.03. The lowest BCUT2D eigenvalue weighted by molar-refractivity contribution is 0.100. The molecule has 0 unspecified atom stereocenters. The number of ether oxygens (including phenoxy) is 1. The number of carbonyl (C=O) groups is 1. The van der Waals surface area contributed by atoms with Crippen molar-refractivity contribution in [2.75, 3.05) is 18.8 Å². The molecule has 30 heavy (non-hydrogen) atoms. The van der Waals surface area contributed by atoms with E-state index in [-0.39, 0.29) is 17.4 Å². The molecule has 0 spiro atoms. The second-order valence-electron chi connectivity index (χ2n) is 7.20. The maximum Gasteiger partial charge on any atom is 0.254 e. The quantitative estimate of drug-likeness (QED) is 0.632. The Morgan fingerprint density at radius 1 is 1.13 bits per heavy atom. The fraction of sp³-hybridized carbons (Fsp3) is 0.227. The van der Waals surface area contributed by atoms with Crippen molar-refractivity contribution in [1.29, 1.82) is 5.26 Å². The van der Waals surface area contributed by atoms with Crippen molar-refractivity contribution in [2.24, 2.45) is 5.73 Å². The van der Waals surface area contributed by atoms with Crippen LogP contribution in [-0.4, -0.2) is 33.7 Å². The van der Waals surface area contributed by atoms with Crippen LogP contribution in [0.15, 0.2) is 54.6 Å². The number of rotatable bonds is 5. The third-order valence-electron chi connectivity index (χ3n) is 5.18. The molecular weight excluding hydrogens is 380 g/mol. The molecule has 0 bridgehead atoms. The molecule has 2 heterocycles. The molecule has 4 rings (SSSR count). The summed E-state index contributed by atoms with van der Waals surface area (Å²) in [5.41, 5.74) is 13.2. The second-order valence-corrected chi connectivity index (χ2v) is 7.20. The number of likely N-dealkylation sites (tertiary alicyclic amines) is 1. The summed E-state index contributed by atoms with van der Waals surface area (Å²) in [6, 6.07) is 16.6. The van der Waals surface area contributed by atoms with Gasteiger partial charge >= 0.3 is 0 Å². The normalized spacial score (nSPS) is 16.1. The number of nitrogens with two attached hydrogens (primary N) is 2. The van der Waals surface area contributed by atoms with Gasteiger partial charge in [0, 0.05) is 12.1 Å². The topological polar surface area (TPSA) is 123 Å². The average Bonchev–Trinajstić information content (AvgIpc) is 3.12. The van der Waals surface area contributed by atoms with Crippen molar-refractivity contribution in [3.8, 4) is 28.9 Å². The molecule has 1 atom stereocenters. The molecule has 0 aliphatic carbocycles. The number of primary amides is 1. The molecule has 1 aromatic heterocycles. The van der Waals surface area contributed by atoms with E-state index in [0.717, 1.165) is 18.6 Å². The number of carbonyl (C=O) groups excluding carboxylic acids is 1. The maximum atomic E-state index is 12.1. The summed E-state index contributed by atoms with van der Waals surface area (Å²) in [5, 5.41) is 13.8. The molecule has 1 fully saturated rings. The van der Waals surface area contributed by atoms with E-state index in [2.05, 4.69) is 11.3 Å². The van der Waals surface area contributed by atoms with Crippen LogP contribution in [0.25, 0.3) is 11.3 Å². The van der Waals surface area contributed by atoms with Crippen LogP contribution >= 0.6 is 0 Å². The molecule has 0 saturated carbocycles. The summed E-state index contributed by atoms with van der Waals surface area (Å²) < 4.78 is 7.45. The molecule has 8 heteroatoms. The fourth-order valence-corrected chi connectivity index (χ4v) is 3.72. The van der Waals surface area contributed by atoms with Crippen LogP contribution in [0, 0.1) is 11.5 Å². The standard InChI is InChI=1S/C22H22N6O2/c23-14-27-12-4-5-16(13-27)28-21(24)19(22(25)29)20(26-28)15-8-10-18(11-9-15)30-17-6-2-1-3-7-17/h1-3,6-11,16H,4-5,12-13,24H2,(H2,25,29)/t16-/m1/s1. The number of benzene rings is 2. The Morgan fingerprint density at radius 3 is 2.50 bits per heavy atom. The molecule has 1 aliphatic heterocycles. The number of piperidine rings is 1. The first-order valence-corrected chi connectivity index (χ1v) is 9.72. The number of hydrogen-bond acceptors (Lipinski definition) is 6. The summed E-state index contributed by atoms with van der Waals surface area (Å²) in [6.45, 7) is 1.22. The number of hydrogen-bond donors (Lipinski definition) is 2. The molecular formula is C22H22N6O2. The Labute approximate surface area is 174 Å². The number of para-hydroxylation sites is 1. The molecule has 0 radical (unpaired) electrons. The summed E-state index contributed by atoms with van der Waals surface area (Å²) in [6.07, 6.45) is 3.85. The zero-order chi connectivity index (χ0) is 21.1. The van der Waals surface area contributed by atoms with Gasteiger partial charge in [0.2, 0.25) is 0 Å². The van der Waals surface area contributed by atoms with Crippen molar-refractivity contribution in [1.82, 2.24) is 14.7 Å². The van der Waals surface area contributed by atoms with Gasteiger partial charge in [0.05, 0.1) is 12.6 Å². The Kier molecular flexibility index (Phi) is 5.26. The predicted octanol–water partition coefficient (Wildman–Crippen LogP) is 3.14. The third-order valence-corrected chi connectivity index (χ3v) is 5.18. The van der Waals surface area contributed by atoms with Crippen molar-refractivity contribution in [3.63, 3.8) is 0 Å². The first-order valence-electron chi connectivity index (χ1n) is 9.72. The molecule has 8 nitrogen and oxygen atoms in total. The van der Waals surface area contributed by atoms with Gasteiger partial charge in [0.1, 0.15) is 28.6 Å². The van der Waals surface area contributed by atoms with Crippen molar-refractivity contribution < 1.29 is 9.53 Å². The van der Waals surface area contributed by atoms with Crippen molar-refractivity contribution in [3.05, 3.63) is 60.2 Å². The largest absolute Gasteiger partial charge is 0.457 e. The molecule has 1 saturated heterocycles. The lowest BCUT2D eigenvalue weighted by Crippen LogP contribution is -2.34. The van der Waals surface area contributed by atoms with E-state index in [9.17, 15) is 10.1 Å². The highest BCUT2D eigenvalue weighted by Gasteiger charge is 2.28. The van der Waals surface area contributed by atoms with Gasteiger partial charge in [0.15, 0.2) is 6.19 Å². The van der Waals surface area contributed by atoms with Gasteiger partial charge < -0.3 is 21.1 Å². The van der Waals surface area contributed by atoms with Crippen LogP contribution in [0.5, 0.6) is 11.5 Å². The Morgan fingerprint density at radius 2 is 1.83 bits per heavy atom. The zero-order valence-electron chi connectivity index (χ0n) is 16.4. The Balaban J connectivity index is 1.65. The minimum atomic E-state index is -0.633. The van der Waals surface area contributed by atoms with Crippen LogP contribution in [0.1, 0.15) is 29.2 Å². The van der Waals surface area contributed by atoms with E-state index >= 15 is 0 Å². The second kappa shape index (κ2) is 8.17. The van der Waals surface area contributed by atoms with Crippen LogP contribution < -0.4 is 16.2 Å². The van der Waals surface area contributed by atoms with Gasteiger partial charge in [-0.2, -0.15) is 10.4 Å². The van der Waals surface area contributed by atoms with Gasteiger partial charge in [-0.15, -0.1) is 0 Å². The zero-order valence-corrected chi connectivity index (χ0v) is 16.4. The molecule has 1 aliphatic rings. The summed E-state index contributed by atoms with van der Waals surface area (Å²) in [4.78, 5) is 13.8. The van der Waals surface area contributed by atoms with Crippen molar-refractivity contribution >= 4 is 11.7 Å². The van der Waals surface area contributed by atoms with E-state index < -0.39 is 5.91 Å². The van der Waals surface area contributed by atoms with Crippen LogP contribution in [0.4, 0.5) is 5.82 Å². The van der Waals surface area contributed by atoms with Gasteiger partial charge in [0.25, 0.3) is 5.91 Å². The number of amides is 1. The molecule has 4 N–H and O–H groups in total. The number of nitriles is 1. The number of anilines is 1.